The number of hydrogen-bond acceptors (Lipinski definition) is 7. The highest BCUT2D eigenvalue weighted by molar-refractivity contribution is 6.04. The number of pyridine rings is 2. The van der Waals surface area contributed by atoms with Crippen LogP contribution in [0.2, 0.25) is 0 Å². The number of amides is 1. The Morgan fingerprint density at radius 3 is 2.34 bits per heavy atom. The molecule has 2 heterocycles. The lowest BCUT2D eigenvalue weighted by molar-refractivity contribution is 0.102. The lowest BCUT2D eigenvalue weighted by atomic mass is 10.2. The Morgan fingerprint density at radius 1 is 0.966 bits per heavy atom. The van der Waals surface area contributed by atoms with Gasteiger partial charge in [0.25, 0.3) is 5.91 Å². The van der Waals surface area contributed by atoms with Crippen LogP contribution in [0.5, 0.6) is 17.2 Å². The van der Waals surface area contributed by atoms with E-state index in [4.69, 9.17) is 14.2 Å². The van der Waals surface area contributed by atoms with Crippen molar-refractivity contribution in [2.24, 2.45) is 0 Å². The van der Waals surface area contributed by atoms with Gasteiger partial charge in [-0.15, -0.1) is 0 Å². The van der Waals surface area contributed by atoms with Crippen LogP contribution in [0.15, 0.2) is 55.0 Å². The third-order valence-corrected chi connectivity index (χ3v) is 4.12. The van der Waals surface area contributed by atoms with Gasteiger partial charge in [0, 0.05) is 36.4 Å². The summed E-state index contributed by atoms with van der Waals surface area (Å²) >= 11 is 0. The van der Waals surface area contributed by atoms with Gasteiger partial charge in [-0.05, 0) is 18.2 Å². The zero-order chi connectivity index (χ0) is 20.6. The summed E-state index contributed by atoms with van der Waals surface area (Å²) in [6.07, 6.45) is 4.88. The van der Waals surface area contributed by atoms with Gasteiger partial charge in [-0.3, -0.25) is 14.8 Å². The van der Waals surface area contributed by atoms with Crippen LogP contribution in [0.1, 0.15) is 16.1 Å². The molecule has 8 heteroatoms. The van der Waals surface area contributed by atoms with Crippen LogP contribution in [0.3, 0.4) is 0 Å². The normalized spacial score (nSPS) is 10.2. The van der Waals surface area contributed by atoms with Crippen molar-refractivity contribution < 1.29 is 19.0 Å². The van der Waals surface area contributed by atoms with Gasteiger partial charge in [-0.1, -0.05) is 6.07 Å². The summed E-state index contributed by atoms with van der Waals surface area (Å²) in [5, 5.41) is 6.04. The Bertz CT molecular complexity index is 954. The summed E-state index contributed by atoms with van der Waals surface area (Å²) in [7, 11) is 4.56. The molecule has 0 unspecified atom stereocenters. The van der Waals surface area contributed by atoms with E-state index in [0.29, 0.717) is 40.7 Å². The van der Waals surface area contributed by atoms with E-state index < -0.39 is 0 Å². The molecule has 0 saturated carbocycles. The number of hydrogen-bond donors (Lipinski definition) is 2. The molecule has 2 N–H and O–H groups in total. The summed E-state index contributed by atoms with van der Waals surface area (Å²) in [6, 6.07) is 10.7. The molecule has 3 aromatic rings. The first kappa shape index (κ1) is 19.9. The van der Waals surface area contributed by atoms with E-state index in [2.05, 4.69) is 20.6 Å². The third-order valence-electron chi connectivity index (χ3n) is 4.12. The molecule has 150 valence electrons. The summed E-state index contributed by atoms with van der Waals surface area (Å²) in [6.45, 7) is 0.528. The third kappa shape index (κ3) is 4.92. The van der Waals surface area contributed by atoms with Crippen molar-refractivity contribution in [1.29, 1.82) is 0 Å². The maximum atomic E-state index is 12.7. The highest BCUT2D eigenvalue weighted by Crippen LogP contribution is 2.40. The Morgan fingerprint density at radius 2 is 1.72 bits per heavy atom. The number of nitrogens with one attached hydrogen (secondary N) is 2. The highest BCUT2D eigenvalue weighted by atomic mass is 16.5. The van der Waals surface area contributed by atoms with Gasteiger partial charge >= 0.3 is 0 Å². The zero-order valence-corrected chi connectivity index (χ0v) is 16.4. The minimum atomic E-state index is -0.312. The molecule has 8 nitrogen and oxygen atoms in total. The molecule has 0 aliphatic rings. The van der Waals surface area contributed by atoms with Crippen LogP contribution in [0.25, 0.3) is 0 Å². The number of rotatable bonds is 8. The molecule has 1 amide bonds. The summed E-state index contributed by atoms with van der Waals surface area (Å²) in [5.41, 5.74) is 2.52. The predicted molar refractivity (Wildman–Crippen MR) is 110 cm³/mol. The minimum Gasteiger partial charge on any atom is -0.493 e. The summed E-state index contributed by atoms with van der Waals surface area (Å²) in [5.74, 6) is 1.04. The summed E-state index contributed by atoms with van der Waals surface area (Å²) < 4.78 is 15.9. The Hall–Kier alpha value is -3.81. The number of anilines is 2. The van der Waals surface area contributed by atoms with Gasteiger partial charge in [-0.2, -0.15) is 0 Å². The average Bonchev–Trinajstić information content (AvgIpc) is 2.77. The fourth-order valence-corrected chi connectivity index (χ4v) is 2.71. The first-order chi connectivity index (χ1) is 14.1. The predicted octanol–water partition coefficient (Wildman–Crippen LogP) is 3.37. The summed E-state index contributed by atoms with van der Waals surface area (Å²) in [4.78, 5) is 21.1. The van der Waals surface area contributed by atoms with E-state index in [1.54, 1.807) is 30.6 Å². The lowest BCUT2D eigenvalue weighted by Crippen LogP contribution is -2.13. The standard InChI is InChI=1S/C21H22N4O4/c1-27-18-9-16(10-19(28-2)20(18)29-3)25-21(26)14-8-17(12-22-11-14)24-13-15-6-4-5-7-23-15/h4-12,24H,13H2,1-3H3,(H,25,26). The van der Waals surface area contributed by atoms with Gasteiger partial charge in [-0.25, -0.2) is 0 Å². The van der Waals surface area contributed by atoms with Crippen LogP contribution in [0, 0.1) is 0 Å². The van der Waals surface area contributed by atoms with Gasteiger partial charge in [0.2, 0.25) is 5.75 Å². The molecule has 0 aliphatic carbocycles. The number of benzene rings is 1. The Balaban J connectivity index is 1.74. The van der Waals surface area contributed by atoms with Crippen molar-refractivity contribution in [2.45, 2.75) is 6.54 Å². The van der Waals surface area contributed by atoms with Crippen LogP contribution < -0.4 is 24.8 Å². The molecule has 0 bridgehead atoms. The lowest BCUT2D eigenvalue weighted by Gasteiger charge is -2.14. The fraction of sp³-hybridized carbons (Fsp3) is 0.190. The van der Waals surface area contributed by atoms with Crippen molar-refractivity contribution >= 4 is 17.3 Å². The van der Waals surface area contributed by atoms with Crippen molar-refractivity contribution in [1.82, 2.24) is 9.97 Å². The zero-order valence-electron chi connectivity index (χ0n) is 16.4. The second kappa shape index (κ2) is 9.41. The molecule has 0 fully saturated rings. The smallest absolute Gasteiger partial charge is 0.257 e. The quantitative estimate of drug-likeness (QED) is 0.605. The first-order valence-electron chi connectivity index (χ1n) is 8.84. The molecule has 2 aromatic heterocycles. The van der Waals surface area contributed by atoms with E-state index >= 15 is 0 Å². The fourth-order valence-electron chi connectivity index (χ4n) is 2.71. The maximum Gasteiger partial charge on any atom is 0.257 e. The van der Waals surface area contributed by atoms with Crippen LogP contribution in [-0.2, 0) is 6.54 Å². The van der Waals surface area contributed by atoms with Crippen molar-refractivity contribution in [3.05, 3.63) is 66.2 Å². The molecule has 0 aliphatic heterocycles. The van der Waals surface area contributed by atoms with E-state index in [-0.39, 0.29) is 5.91 Å². The topological polar surface area (TPSA) is 94.6 Å². The van der Waals surface area contributed by atoms with Gasteiger partial charge in [0.05, 0.1) is 44.8 Å². The molecule has 0 spiro atoms. The largest absolute Gasteiger partial charge is 0.493 e. The van der Waals surface area contributed by atoms with Gasteiger partial charge in [0.15, 0.2) is 11.5 Å². The van der Waals surface area contributed by atoms with Crippen LogP contribution in [-0.4, -0.2) is 37.2 Å². The number of carbonyl (C=O) groups excluding carboxylic acids is 1. The molecule has 3 rings (SSSR count). The van der Waals surface area contributed by atoms with E-state index in [1.807, 2.05) is 18.2 Å². The number of methoxy groups -OCH3 is 3. The number of carbonyl (C=O) groups is 1. The maximum absolute atomic E-state index is 12.7. The van der Waals surface area contributed by atoms with E-state index in [0.717, 1.165) is 5.69 Å². The number of nitrogens with zero attached hydrogens (tertiary/aromatic N) is 2. The van der Waals surface area contributed by atoms with Crippen molar-refractivity contribution in [2.75, 3.05) is 32.0 Å². The molecule has 29 heavy (non-hydrogen) atoms. The molecule has 1 aromatic carbocycles. The van der Waals surface area contributed by atoms with Crippen molar-refractivity contribution in [3.8, 4) is 17.2 Å². The van der Waals surface area contributed by atoms with E-state index in [1.165, 1.54) is 27.5 Å². The molecule has 0 atom stereocenters. The molecular formula is C21H22N4O4. The molecule has 0 radical (unpaired) electrons. The molecule has 0 saturated heterocycles. The van der Waals surface area contributed by atoms with Gasteiger partial charge < -0.3 is 24.8 Å². The minimum absolute atomic E-state index is 0.312. The SMILES string of the molecule is COc1cc(NC(=O)c2cncc(NCc3ccccn3)c2)cc(OC)c1OC. The first-order valence-corrected chi connectivity index (χ1v) is 8.84. The second-order valence-corrected chi connectivity index (χ2v) is 6.01. The highest BCUT2D eigenvalue weighted by Gasteiger charge is 2.15. The average molecular weight is 394 g/mol. The Kier molecular flexibility index (Phi) is 6.47. The van der Waals surface area contributed by atoms with Crippen LogP contribution in [0.4, 0.5) is 11.4 Å². The number of ether oxygens (including phenoxy) is 3. The van der Waals surface area contributed by atoms with Crippen LogP contribution >= 0.6 is 0 Å². The van der Waals surface area contributed by atoms with E-state index in [9.17, 15) is 4.79 Å². The Labute approximate surface area is 168 Å². The monoisotopic (exact) mass is 394 g/mol. The van der Waals surface area contributed by atoms with Gasteiger partial charge in [0.1, 0.15) is 0 Å². The molecular weight excluding hydrogens is 372 g/mol. The second-order valence-electron chi connectivity index (χ2n) is 6.01. The number of aromatic nitrogens is 2. The van der Waals surface area contributed by atoms with Crippen molar-refractivity contribution in [3.63, 3.8) is 0 Å².